The zero-order valence-corrected chi connectivity index (χ0v) is 25.6. The highest BCUT2D eigenvalue weighted by molar-refractivity contribution is 5.77. The van der Waals surface area contributed by atoms with Crippen molar-refractivity contribution in [3.05, 3.63) is 121 Å². The third-order valence-corrected chi connectivity index (χ3v) is 8.64. The highest BCUT2D eigenvalue weighted by atomic mass is 16.5. The fourth-order valence-electron chi connectivity index (χ4n) is 6.15. The summed E-state index contributed by atoms with van der Waals surface area (Å²) in [5.74, 6) is 8.02. The third kappa shape index (κ3) is 6.18. The van der Waals surface area contributed by atoms with E-state index in [1.54, 1.807) is 14.2 Å². The average Bonchev–Trinajstić information content (AvgIpc) is 3.69. The number of nitrogens with zero attached hydrogens (tertiary/aromatic N) is 5. The Balaban J connectivity index is 1.18. The predicted molar refractivity (Wildman–Crippen MR) is 176 cm³/mol. The first-order valence-corrected chi connectivity index (χ1v) is 15.2. The number of ether oxygens (including phenoxy) is 2. The molecule has 226 valence electrons. The number of hydrogen-bond acceptors (Lipinski definition) is 6. The summed E-state index contributed by atoms with van der Waals surface area (Å²) in [5, 5.41) is 2.01. The molecule has 0 radical (unpaired) electrons. The molecular formula is C36H40N6O2. The molecule has 0 saturated carbocycles. The van der Waals surface area contributed by atoms with Crippen LogP contribution in [0.15, 0.2) is 109 Å². The first-order valence-electron chi connectivity index (χ1n) is 15.2. The molecular weight excluding hydrogens is 548 g/mol. The van der Waals surface area contributed by atoms with Crippen LogP contribution in [0, 0.1) is 0 Å². The van der Waals surface area contributed by atoms with Crippen LogP contribution in [0.5, 0.6) is 11.8 Å². The molecule has 0 bridgehead atoms. The van der Waals surface area contributed by atoms with Crippen LogP contribution in [-0.2, 0) is 0 Å². The Morgan fingerprint density at radius 3 is 1.59 bits per heavy atom. The van der Waals surface area contributed by atoms with Gasteiger partial charge in [-0.05, 0) is 61.6 Å². The van der Waals surface area contributed by atoms with Crippen LogP contribution in [0.1, 0.15) is 49.4 Å². The van der Waals surface area contributed by atoms with Gasteiger partial charge in [0.25, 0.3) is 0 Å². The van der Waals surface area contributed by atoms with E-state index in [4.69, 9.17) is 15.3 Å². The number of aromatic nitrogens is 4. The van der Waals surface area contributed by atoms with Crippen LogP contribution in [0.3, 0.4) is 0 Å². The summed E-state index contributed by atoms with van der Waals surface area (Å²) in [5.41, 5.74) is 6.53. The summed E-state index contributed by atoms with van der Waals surface area (Å²) in [6.07, 6.45) is 6.99. The van der Waals surface area contributed by atoms with Crippen LogP contribution in [0.2, 0.25) is 0 Å². The molecule has 0 amide bonds. The van der Waals surface area contributed by atoms with Gasteiger partial charge in [-0.25, -0.2) is 15.0 Å². The molecule has 3 atom stereocenters. The Kier molecular flexibility index (Phi) is 8.91. The van der Waals surface area contributed by atoms with E-state index in [9.17, 15) is 0 Å². The Labute approximate surface area is 258 Å². The molecule has 0 aliphatic heterocycles. The number of nitrogens with two attached hydrogens (primary N) is 1. The molecule has 4 heterocycles. The molecule has 0 aliphatic rings. The molecule has 0 saturated heterocycles. The number of methoxy groups -OCH3 is 2. The fraction of sp³-hybridized carbons (Fsp3) is 0.278. The molecule has 4 aromatic heterocycles. The molecule has 6 rings (SSSR count). The van der Waals surface area contributed by atoms with Crippen molar-refractivity contribution in [2.45, 2.75) is 44.3 Å². The first kappa shape index (κ1) is 29.4. The van der Waals surface area contributed by atoms with Crippen molar-refractivity contribution in [1.29, 1.82) is 0 Å². The maximum atomic E-state index is 6.78. The van der Waals surface area contributed by atoms with E-state index in [1.165, 1.54) is 11.1 Å². The van der Waals surface area contributed by atoms with Crippen LogP contribution in [0.4, 0.5) is 0 Å². The number of benzene rings is 2. The second kappa shape index (κ2) is 13.3. The van der Waals surface area contributed by atoms with Gasteiger partial charge in [-0.2, -0.15) is 0 Å². The summed E-state index contributed by atoms with van der Waals surface area (Å²) in [4.78, 5) is 9.28. The van der Waals surface area contributed by atoms with E-state index in [-0.39, 0.29) is 18.1 Å². The van der Waals surface area contributed by atoms with Gasteiger partial charge in [0.15, 0.2) is 0 Å². The summed E-state index contributed by atoms with van der Waals surface area (Å²) >= 11 is 0. The molecule has 3 unspecified atom stereocenters. The van der Waals surface area contributed by atoms with E-state index < -0.39 is 0 Å². The number of fused-ring (bicyclic) bond motifs is 2. The van der Waals surface area contributed by atoms with Crippen molar-refractivity contribution >= 4 is 22.1 Å². The summed E-state index contributed by atoms with van der Waals surface area (Å²) < 4.78 is 15.3. The Hall–Kier alpha value is -4.66. The van der Waals surface area contributed by atoms with Crippen molar-refractivity contribution < 1.29 is 9.47 Å². The second-order valence-corrected chi connectivity index (χ2v) is 11.3. The molecule has 0 fully saturated rings. The highest BCUT2D eigenvalue weighted by Crippen LogP contribution is 2.31. The fourth-order valence-corrected chi connectivity index (χ4v) is 6.15. The van der Waals surface area contributed by atoms with Crippen molar-refractivity contribution in [2.24, 2.45) is 5.84 Å². The van der Waals surface area contributed by atoms with E-state index >= 15 is 0 Å². The maximum absolute atomic E-state index is 6.78. The predicted octanol–water partition coefficient (Wildman–Crippen LogP) is 7.02. The van der Waals surface area contributed by atoms with Crippen molar-refractivity contribution in [3.8, 4) is 11.8 Å². The zero-order chi connectivity index (χ0) is 30.5. The average molecular weight is 589 g/mol. The minimum Gasteiger partial charge on any atom is -0.481 e. The van der Waals surface area contributed by atoms with Crippen molar-refractivity contribution in [3.63, 3.8) is 0 Å². The Morgan fingerprint density at radius 2 is 1.11 bits per heavy atom. The summed E-state index contributed by atoms with van der Waals surface area (Å²) in [7, 11) is 3.29. The number of rotatable bonds is 13. The molecule has 8 heteroatoms. The minimum absolute atomic E-state index is 0.120. The molecule has 0 spiro atoms. The SMILES string of the molecule is COc1ccc2c(ccn2C(CCC(C)N(N)CCC(c2ccccc2)n2ccc3nc(OC)ccc32)c2ccccc2)n1. The van der Waals surface area contributed by atoms with Gasteiger partial charge in [0.2, 0.25) is 11.8 Å². The van der Waals surface area contributed by atoms with E-state index in [2.05, 4.69) is 123 Å². The maximum Gasteiger partial charge on any atom is 0.213 e. The standard InChI is InChI=1S/C36H40N6O2/c1-26(14-15-31(27-10-6-4-7-11-27)40-23-20-29-33(40)16-18-35(38-29)43-2)42(37)25-22-32(28-12-8-5-9-13-28)41-24-21-30-34(41)17-19-36(39-30)44-3/h4-13,16-21,23-24,26,31-32H,14-15,22,25,37H2,1-3H3. The minimum atomic E-state index is 0.120. The summed E-state index contributed by atoms with van der Waals surface area (Å²) in [6, 6.07) is 33.9. The Bertz CT molecular complexity index is 1670. The van der Waals surface area contributed by atoms with Gasteiger partial charge < -0.3 is 18.6 Å². The van der Waals surface area contributed by atoms with Gasteiger partial charge in [0.1, 0.15) is 0 Å². The highest BCUT2D eigenvalue weighted by Gasteiger charge is 2.22. The summed E-state index contributed by atoms with van der Waals surface area (Å²) in [6.45, 7) is 2.97. The van der Waals surface area contributed by atoms with Gasteiger partial charge >= 0.3 is 0 Å². The van der Waals surface area contributed by atoms with Crippen LogP contribution < -0.4 is 15.3 Å². The van der Waals surface area contributed by atoms with E-state index in [0.717, 1.165) is 47.9 Å². The second-order valence-electron chi connectivity index (χ2n) is 11.3. The lowest BCUT2D eigenvalue weighted by molar-refractivity contribution is 0.188. The third-order valence-electron chi connectivity index (χ3n) is 8.64. The van der Waals surface area contributed by atoms with Gasteiger partial charge in [-0.1, -0.05) is 60.7 Å². The molecule has 8 nitrogen and oxygen atoms in total. The number of pyridine rings is 2. The first-order chi connectivity index (χ1) is 21.6. The lowest BCUT2D eigenvalue weighted by Crippen LogP contribution is -2.41. The van der Waals surface area contributed by atoms with Crippen molar-refractivity contribution in [1.82, 2.24) is 24.1 Å². The monoisotopic (exact) mass is 588 g/mol. The quantitative estimate of drug-likeness (QED) is 0.115. The van der Waals surface area contributed by atoms with Crippen LogP contribution >= 0.6 is 0 Å². The van der Waals surface area contributed by atoms with Gasteiger partial charge in [-0.15, -0.1) is 0 Å². The van der Waals surface area contributed by atoms with Gasteiger partial charge in [0.05, 0.1) is 48.4 Å². The molecule has 44 heavy (non-hydrogen) atoms. The van der Waals surface area contributed by atoms with Crippen molar-refractivity contribution in [2.75, 3.05) is 20.8 Å². The van der Waals surface area contributed by atoms with Gasteiger partial charge in [0, 0.05) is 37.1 Å². The van der Waals surface area contributed by atoms with Crippen LogP contribution in [0.25, 0.3) is 22.1 Å². The van der Waals surface area contributed by atoms with Crippen LogP contribution in [-0.4, -0.2) is 50.9 Å². The lowest BCUT2D eigenvalue weighted by Gasteiger charge is -2.29. The smallest absolute Gasteiger partial charge is 0.213 e. The van der Waals surface area contributed by atoms with E-state index in [1.807, 2.05) is 17.1 Å². The normalized spacial score (nSPS) is 13.8. The van der Waals surface area contributed by atoms with E-state index in [0.29, 0.717) is 11.8 Å². The molecule has 6 aromatic rings. The molecule has 2 N–H and O–H groups in total. The lowest BCUT2D eigenvalue weighted by atomic mass is 9.98. The molecule has 0 aliphatic carbocycles. The largest absolute Gasteiger partial charge is 0.481 e. The Morgan fingerprint density at radius 1 is 0.636 bits per heavy atom. The number of hydrogen-bond donors (Lipinski definition) is 1. The number of hydrazine groups is 1. The molecule has 2 aromatic carbocycles. The topological polar surface area (TPSA) is 83.4 Å². The zero-order valence-electron chi connectivity index (χ0n) is 25.6. The van der Waals surface area contributed by atoms with Gasteiger partial charge in [-0.3, -0.25) is 5.84 Å².